The molecule has 1 aliphatic carbocycles. The Kier molecular flexibility index (Phi) is 4.07. The summed E-state index contributed by atoms with van der Waals surface area (Å²) in [6, 6.07) is 7.34. The summed E-state index contributed by atoms with van der Waals surface area (Å²) < 4.78 is 10.4. The number of hydrogen-bond acceptors (Lipinski definition) is 4. The number of hydrogen-bond donors (Lipinski definition) is 1. The molecule has 0 spiro atoms. The van der Waals surface area contributed by atoms with Gasteiger partial charge in [-0.3, -0.25) is 0 Å². The highest BCUT2D eigenvalue weighted by Crippen LogP contribution is 2.36. The molecule has 0 radical (unpaired) electrons. The third kappa shape index (κ3) is 2.94. The summed E-state index contributed by atoms with van der Waals surface area (Å²) in [5, 5.41) is 3.25. The molecule has 0 saturated heterocycles. The summed E-state index contributed by atoms with van der Waals surface area (Å²) in [6.07, 6.45) is 2.15. The molecule has 1 aliphatic rings. The lowest BCUT2D eigenvalue weighted by atomic mass is 10.1. The molecule has 1 atom stereocenters. The quantitative estimate of drug-likeness (QED) is 0.787. The molecule has 2 rings (SSSR count). The molecule has 1 N–H and O–H groups in total. The molecule has 4 nitrogen and oxygen atoms in total. The van der Waals surface area contributed by atoms with Gasteiger partial charge in [-0.25, -0.2) is 4.79 Å². The van der Waals surface area contributed by atoms with Gasteiger partial charge in [-0.1, -0.05) is 12.1 Å². The predicted molar refractivity (Wildman–Crippen MR) is 69.8 cm³/mol. The molecule has 0 aliphatic heterocycles. The highest BCUT2D eigenvalue weighted by molar-refractivity contribution is 5.81. The van der Waals surface area contributed by atoms with Gasteiger partial charge in [-0.05, 0) is 37.8 Å². The molecule has 1 aromatic carbocycles. The Balaban J connectivity index is 2.10. The van der Waals surface area contributed by atoms with Crippen LogP contribution in [0.1, 0.15) is 19.8 Å². The molecule has 18 heavy (non-hydrogen) atoms. The standard InChI is InChI=1S/C14H19NO3/c1-3-18-14(16)13(10-8-9-10)15-11-6-4-5-7-12(11)17-2/h4-7,10,13,15H,3,8-9H2,1-2H3. The topological polar surface area (TPSA) is 47.6 Å². The summed E-state index contributed by atoms with van der Waals surface area (Å²) in [5.41, 5.74) is 0.838. The van der Waals surface area contributed by atoms with Gasteiger partial charge in [0.15, 0.2) is 0 Å². The first-order valence-corrected chi connectivity index (χ1v) is 6.32. The number of anilines is 1. The molecule has 1 fully saturated rings. The smallest absolute Gasteiger partial charge is 0.328 e. The number of para-hydroxylation sites is 2. The first-order chi connectivity index (χ1) is 8.76. The largest absolute Gasteiger partial charge is 0.495 e. The number of carbonyl (C=O) groups excluding carboxylic acids is 1. The molecule has 0 aromatic heterocycles. The lowest BCUT2D eigenvalue weighted by Gasteiger charge is -2.19. The molecular weight excluding hydrogens is 230 g/mol. The minimum absolute atomic E-state index is 0.175. The first kappa shape index (κ1) is 12.7. The SMILES string of the molecule is CCOC(=O)C(Nc1ccccc1OC)C1CC1. The van der Waals surface area contributed by atoms with Gasteiger partial charge in [-0.15, -0.1) is 0 Å². The number of carbonyl (C=O) groups is 1. The van der Waals surface area contributed by atoms with Crippen LogP contribution >= 0.6 is 0 Å². The molecule has 1 saturated carbocycles. The van der Waals surface area contributed by atoms with Crippen molar-refractivity contribution in [3.05, 3.63) is 24.3 Å². The number of ether oxygens (including phenoxy) is 2. The lowest BCUT2D eigenvalue weighted by molar-refractivity contribution is -0.144. The van der Waals surface area contributed by atoms with Crippen LogP contribution < -0.4 is 10.1 Å². The van der Waals surface area contributed by atoms with E-state index in [4.69, 9.17) is 9.47 Å². The fourth-order valence-electron chi connectivity index (χ4n) is 1.96. The number of methoxy groups -OCH3 is 1. The van der Waals surface area contributed by atoms with Gasteiger partial charge in [0.05, 0.1) is 19.4 Å². The van der Waals surface area contributed by atoms with E-state index in [1.807, 2.05) is 31.2 Å². The molecule has 4 heteroatoms. The Morgan fingerprint density at radius 1 is 1.44 bits per heavy atom. The minimum Gasteiger partial charge on any atom is -0.495 e. The van der Waals surface area contributed by atoms with Crippen LogP contribution in [0.25, 0.3) is 0 Å². The zero-order valence-electron chi connectivity index (χ0n) is 10.8. The van der Waals surface area contributed by atoms with Crippen LogP contribution in [-0.2, 0) is 9.53 Å². The van der Waals surface area contributed by atoms with Crippen molar-refractivity contribution in [2.45, 2.75) is 25.8 Å². The summed E-state index contributed by atoms with van der Waals surface area (Å²) >= 11 is 0. The molecule has 1 aromatic rings. The third-order valence-corrected chi connectivity index (χ3v) is 3.05. The zero-order valence-corrected chi connectivity index (χ0v) is 10.8. The van der Waals surface area contributed by atoms with Gasteiger partial charge in [0.1, 0.15) is 11.8 Å². The van der Waals surface area contributed by atoms with E-state index < -0.39 is 0 Å². The lowest BCUT2D eigenvalue weighted by Crippen LogP contribution is -2.33. The average Bonchev–Trinajstić information content (AvgIpc) is 3.21. The van der Waals surface area contributed by atoms with E-state index in [1.54, 1.807) is 7.11 Å². The van der Waals surface area contributed by atoms with Crippen LogP contribution in [0, 0.1) is 5.92 Å². The summed E-state index contributed by atoms with van der Waals surface area (Å²) in [7, 11) is 1.62. The van der Waals surface area contributed by atoms with Gasteiger partial charge in [0.2, 0.25) is 0 Å². The molecule has 98 valence electrons. The van der Waals surface area contributed by atoms with Crippen LogP contribution in [0.15, 0.2) is 24.3 Å². The van der Waals surface area contributed by atoms with Gasteiger partial charge in [-0.2, -0.15) is 0 Å². The van der Waals surface area contributed by atoms with Crippen molar-refractivity contribution in [1.82, 2.24) is 0 Å². The van der Waals surface area contributed by atoms with Crippen LogP contribution in [0.4, 0.5) is 5.69 Å². The van der Waals surface area contributed by atoms with Crippen molar-refractivity contribution < 1.29 is 14.3 Å². The van der Waals surface area contributed by atoms with E-state index >= 15 is 0 Å². The molecular formula is C14H19NO3. The predicted octanol–water partition coefficient (Wildman–Crippen LogP) is 2.45. The van der Waals surface area contributed by atoms with E-state index in [0.717, 1.165) is 24.3 Å². The van der Waals surface area contributed by atoms with E-state index in [0.29, 0.717) is 12.5 Å². The maximum atomic E-state index is 11.9. The second-order valence-electron chi connectivity index (χ2n) is 4.41. The maximum Gasteiger partial charge on any atom is 0.328 e. The fourth-order valence-corrected chi connectivity index (χ4v) is 1.96. The van der Waals surface area contributed by atoms with E-state index in [2.05, 4.69) is 5.32 Å². The molecule has 0 amide bonds. The number of nitrogens with one attached hydrogen (secondary N) is 1. The normalized spacial score (nSPS) is 15.9. The Hall–Kier alpha value is -1.71. The highest BCUT2D eigenvalue weighted by atomic mass is 16.5. The Morgan fingerprint density at radius 2 is 2.17 bits per heavy atom. The van der Waals surface area contributed by atoms with Crippen molar-refractivity contribution in [3.8, 4) is 5.75 Å². The second kappa shape index (κ2) is 5.76. The number of benzene rings is 1. The van der Waals surface area contributed by atoms with Crippen LogP contribution in [0.5, 0.6) is 5.75 Å². The van der Waals surface area contributed by atoms with Crippen LogP contribution in [0.2, 0.25) is 0 Å². The Bertz CT molecular complexity index is 415. The van der Waals surface area contributed by atoms with Crippen molar-refractivity contribution in [2.75, 3.05) is 19.0 Å². The Morgan fingerprint density at radius 3 is 2.78 bits per heavy atom. The minimum atomic E-state index is -0.263. The Labute approximate surface area is 107 Å². The number of rotatable bonds is 6. The van der Waals surface area contributed by atoms with E-state index in [1.165, 1.54) is 0 Å². The van der Waals surface area contributed by atoms with Crippen molar-refractivity contribution in [2.24, 2.45) is 5.92 Å². The highest BCUT2D eigenvalue weighted by Gasteiger charge is 2.37. The van der Waals surface area contributed by atoms with E-state index in [-0.39, 0.29) is 12.0 Å². The van der Waals surface area contributed by atoms with Crippen molar-refractivity contribution in [3.63, 3.8) is 0 Å². The molecule has 0 heterocycles. The van der Waals surface area contributed by atoms with Gasteiger partial charge in [0.25, 0.3) is 0 Å². The van der Waals surface area contributed by atoms with Crippen molar-refractivity contribution >= 4 is 11.7 Å². The van der Waals surface area contributed by atoms with Crippen LogP contribution in [0.3, 0.4) is 0 Å². The van der Waals surface area contributed by atoms with Gasteiger partial charge >= 0.3 is 5.97 Å². The molecule has 0 bridgehead atoms. The van der Waals surface area contributed by atoms with Crippen LogP contribution in [-0.4, -0.2) is 25.7 Å². The first-order valence-electron chi connectivity index (χ1n) is 6.32. The molecule has 1 unspecified atom stereocenters. The summed E-state index contributed by atoms with van der Waals surface area (Å²) in [5.74, 6) is 0.951. The summed E-state index contributed by atoms with van der Waals surface area (Å²) in [4.78, 5) is 11.9. The van der Waals surface area contributed by atoms with Crippen molar-refractivity contribution in [1.29, 1.82) is 0 Å². The monoisotopic (exact) mass is 249 g/mol. The summed E-state index contributed by atoms with van der Waals surface area (Å²) in [6.45, 7) is 2.24. The van der Waals surface area contributed by atoms with Gasteiger partial charge in [0, 0.05) is 0 Å². The van der Waals surface area contributed by atoms with Gasteiger partial charge < -0.3 is 14.8 Å². The average molecular weight is 249 g/mol. The number of esters is 1. The zero-order chi connectivity index (χ0) is 13.0. The maximum absolute atomic E-state index is 11.9. The fraction of sp³-hybridized carbons (Fsp3) is 0.500. The third-order valence-electron chi connectivity index (χ3n) is 3.05. The second-order valence-corrected chi connectivity index (χ2v) is 4.41. The van der Waals surface area contributed by atoms with E-state index in [9.17, 15) is 4.79 Å².